The molecule has 156 valence electrons. The molecule has 7 nitrogen and oxygen atoms in total. The molecule has 0 heterocycles. The molecule has 0 spiro atoms. The molecule has 29 heavy (non-hydrogen) atoms. The van der Waals surface area contributed by atoms with E-state index < -0.39 is 15.9 Å². The number of nitrogens with zero attached hydrogens (tertiary/aromatic N) is 1. The van der Waals surface area contributed by atoms with Gasteiger partial charge in [-0.05, 0) is 42.5 Å². The van der Waals surface area contributed by atoms with Gasteiger partial charge in [-0.15, -0.1) is 0 Å². The fraction of sp³-hybridized carbons (Fsp3) is 0.333. The normalized spacial score (nSPS) is 11.3. The highest BCUT2D eigenvalue weighted by molar-refractivity contribution is 7.89. The molecule has 2 aromatic rings. The van der Waals surface area contributed by atoms with Gasteiger partial charge in [-0.1, -0.05) is 26.8 Å². The van der Waals surface area contributed by atoms with Gasteiger partial charge in [0.15, 0.2) is 12.4 Å². The zero-order valence-corrected chi connectivity index (χ0v) is 17.7. The second-order valence-electron chi connectivity index (χ2n) is 6.26. The van der Waals surface area contributed by atoms with E-state index in [9.17, 15) is 18.0 Å². The van der Waals surface area contributed by atoms with E-state index in [1.165, 1.54) is 16.4 Å². The van der Waals surface area contributed by atoms with Crippen LogP contribution < -0.4 is 10.1 Å². The highest BCUT2D eigenvalue weighted by Gasteiger charge is 2.21. The number of Topliss-reactive ketones (excluding diaryl/α,β-unsaturated/α-hetero) is 1. The van der Waals surface area contributed by atoms with E-state index >= 15 is 0 Å². The molecule has 1 amide bonds. The van der Waals surface area contributed by atoms with Crippen LogP contribution in [-0.2, 0) is 14.8 Å². The minimum atomic E-state index is -3.60. The Morgan fingerprint density at radius 1 is 1.00 bits per heavy atom. The SMILES string of the molecule is CCC(=O)c1ccc(OCC(=O)Nc2cccc(S(=O)(=O)N(CC)CC)c2)cc1. The number of benzene rings is 2. The van der Waals surface area contributed by atoms with Crippen molar-refractivity contribution >= 4 is 27.4 Å². The van der Waals surface area contributed by atoms with Crippen molar-refractivity contribution in [1.29, 1.82) is 0 Å². The standard InChI is InChI=1S/C21H26N2O5S/c1-4-20(24)16-10-12-18(13-11-16)28-15-21(25)22-17-8-7-9-19(14-17)29(26,27)23(5-2)6-3/h7-14H,4-6,15H2,1-3H3,(H,22,25). The van der Waals surface area contributed by atoms with Crippen molar-refractivity contribution in [3.63, 3.8) is 0 Å². The molecule has 0 saturated heterocycles. The number of hydrogen-bond acceptors (Lipinski definition) is 5. The number of nitrogens with one attached hydrogen (secondary N) is 1. The van der Waals surface area contributed by atoms with Crippen molar-refractivity contribution in [2.75, 3.05) is 25.0 Å². The average Bonchev–Trinajstić information content (AvgIpc) is 2.73. The van der Waals surface area contributed by atoms with Crippen LogP contribution in [0.15, 0.2) is 53.4 Å². The Bertz CT molecular complexity index is 951. The lowest BCUT2D eigenvalue weighted by molar-refractivity contribution is -0.118. The summed E-state index contributed by atoms with van der Waals surface area (Å²) in [7, 11) is -3.60. The van der Waals surface area contributed by atoms with Gasteiger partial charge in [0.05, 0.1) is 4.90 Å². The maximum Gasteiger partial charge on any atom is 0.262 e. The van der Waals surface area contributed by atoms with Crippen molar-refractivity contribution in [3.05, 3.63) is 54.1 Å². The predicted octanol–water partition coefficient (Wildman–Crippen LogP) is 3.33. The number of carbonyl (C=O) groups is 2. The second-order valence-corrected chi connectivity index (χ2v) is 8.19. The molecule has 0 atom stereocenters. The van der Waals surface area contributed by atoms with Crippen molar-refractivity contribution in [2.45, 2.75) is 32.1 Å². The molecule has 0 bridgehead atoms. The number of carbonyl (C=O) groups excluding carboxylic acids is 2. The van der Waals surface area contributed by atoms with E-state index in [4.69, 9.17) is 4.74 Å². The minimum absolute atomic E-state index is 0.0360. The van der Waals surface area contributed by atoms with Gasteiger partial charge in [-0.25, -0.2) is 8.42 Å². The molecule has 2 aromatic carbocycles. The summed E-state index contributed by atoms with van der Waals surface area (Å²) < 4.78 is 32.0. The predicted molar refractivity (Wildman–Crippen MR) is 112 cm³/mol. The van der Waals surface area contributed by atoms with Crippen LogP contribution in [0.1, 0.15) is 37.6 Å². The van der Waals surface area contributed by atoms with E-state index in [1.807, 2.05) is 0 Å². The number of amides is 1. The summed E-state index contributed by atoms with van der Waals surface area (Å²) in [5.74, 6) is 0.0793. The molecule has 1 N–H and O–H groups in total. The smallest absolute Gasteiger partial charge is 0.262 e. The molecule has 2 rings (SSSR count). The molecule has 0 aromatic heterocycles. The Labute approximate surface area is 171 Å². The molecular formula is C21H26N2O5S. The Hall–Kier alpha value is -2.71. The second kappa shape index (κ2) is 10.2. The zero-order chi connectivity index (χ0) is 21.4. The maximum absolute atomic E-state index is 12.6. The third kappa shape index (κ3) is 5.88. The lowest BCUT2D eigenvalue weighted by atomic mass is 10.1. The van der Waals surface area contributed by atoms with Crippen LogP contribution in [0.5, 0.6) is 5.75 Å². The van der Waals surface area contributed by atoms with Gasteiger partial charge in [-0.3, -0.25) is 9.59 Å². The molecule has 0 aliphatic heterocycles. The van der Waals surface area contributed by atoms with Crippen LogP contribution in [-0.4, -0.2) is 44.1 Å². The van der Waals surface area contributed by atoms with Gasteiger partial charge in [0.2, 0.25) is 10.0 Å². The highest BCUT2D eigenvalue weighted by Crippen LogP contribution is 2.20. The van der Waals surface area contributed by atoms with Crippen LogP contribution in [0.2, 0.25) is 0 Å². The summed E-state index contributed by atoms with van der Waals surface area (Å²) >= 11 is 0. The van der Waals surface area contributed by atoms with Gasteiger partial charge in [0.1, 0.15) is 5.75 Å². The first-order valence-corrected chi connectivity index (χ1v) is 10.9. The summed E-state index contributed by atoms with van der Waals surface area (Å²) in [5.41, 5.74) is 0.964. The first-order chi connectivity index (χ1) is 13.8. The molecule has 0 aliphatic carbocycles. The number of ketones is 1. The lowest BCUT2D eigenvalue weighted by Gasteiger charge is -2.18. The summed E-state index contributed by atoms with van der Waals surface area (Å²) in [6, 6.07) is 12.7. The lowest BCUT2D eigenvalue weighted by Crippen LogP contribution is -2.30. The number of anilines is 1. The minimum Gasteiger partial charge on any atom is -0.484 e. The largest absolute Gasteiger partial charge is 0.484 e. The molecule has 0 fully saturated rings. The van der Waals surface area contributed by atoms with Crippen LogP contribution in [0.3, 0.4) is 0 Å². The van der Waals surface area contributed by atoms with E-state index in [1.54, 1.807) is 57.2 Å². The number of hydrogen-bond donors (Lipinski definition) is 1. The quantitative estimate of drug-likeness (QED) is 0.598. The topological polar surface area (TPSA) is 92.8 Å². The average molecular weight is 419 g/mol. The first-order valence-electron chi connectivity index (χ1n) is 9.47. The van der Waals surface area contributed by atoms with E-state index in [-0.39, 0.29) is 17.3 Å². The molecular weight excluding hydrogens is 392 g/mol. The monoisotopic (exact) mass is 418 g/mol. The highest BCUT2D eigenvalue weighted by atomic mass is 32.2. The van der Waals surface area contributed by atoms with Gasteiger partial charge >= 0.3 is 0 Å². The number of sulfonamides is 1. The van der Waals surface area contributed by atoms with E-state index in [0.717, 1.165) is 0 Å². The fourth-order valence-corrected chi connectivity index (χ4v) is 4.24. The van der Waals surface area contributed by atoms with Crippen molar-refractivity contribution in [1.82, 2.24) is 4.31 Å². The van der Waals surface area contributed by atoms with Gasteiger partial charge in [0.25, 0.3) is 5.91 Å². The number of rotatable bonds is 10. The van der Waals surface area contributed by atoms with Crippen LogP contribution in [0.4, 0.5) is 5.69 Å². The first kappa shape index (κ1) is 22.6. The Morgan fingerprint density at radius 2 is 1.66 bits per heavy atom. The third-order valence-electron chi connectivity index (χ3n) is 4.33. The Balaban J connectivity index is 2.00. The van der Waals surface area contributed by atoms with Crippen molar-refractivity contribution < 1.29 is 22.7 Å². The van der Waals surface area contributed by atoms with Crippen LogP contribution in [0, 0.1) is 0 Å². The molecule has 0 radical (unpaired) electrons. The van der Waals surface area contributed by atoms with Crippen LogP contribution >= 0.6 is 0 Å². The third-order valence-corrected chi connectivity index (χ3v) is 6.37. The Kier molecular flexibility index (Phi) is 7.92. The Morgan fingerprint density at radius 3 is 2.24 bits per heavy atom. The van der Waals surface area contributed by atoms with Crippen molar-refractivity contribution in [3.8, 4) is 5.75 Å². The summed E-state index contributed by atoms with van der Waals surface area (Å²) in [4.78, 5) is 23.9. The van der Waals surface area contributed by atoms with Gasteiger partial charge in [-0.2, -0.15) is 4.31 Å². The molecule has 0 aliphatic rings. The molecule has 0 unspecified atom stereocenters. The number of ether oxygens (including phenoxy) is 1. The van der Waals surface area contributed by atoms with E-state index in [2.05, 4.69) is 5.32 Å². The molecule has 0 saturated carbocycles. The molecule has 8 heteroatoms. The van der Waals surface area contributed by atoms with Gasteiger partial charge in [0, 0.05) is 30.8 Å². The summed E-state index contributed by atoms with van der Waals surface area (Å²) in [6.07, 6.45) is 0.422. The van der Waals surface area contributed by atoms with Crippen LogP contribution in [0.25, 0.3) is 0 Å². The van der Waals surface area contributed by atoms with Crippen molar-refractivity contribution in [2.24, 2.45) is 0 Å². The summed E-state index contributed by atoms with van der Waals surface area (Å²) in [5, 5.41) is 2.64. The fourth-order valence-electron chi connectivity index (χ4n) is 2.73. The van der Waals surface area contributed by atoms with E-state index in [0.29, 0.717) is 36.5 Å². The maximum atomic E-state index is 12.6. The zero-order valence-electron chi connectivity index (χ0n) is 16.8. The summed E-state index contributed by atoms with van der Waals surface area (Å²) in [6.45, 7) is 5.83. The van der Waals surface area contributed by atoms with Gasteiger partial charge < -0.3 is 10.1 Å².